The van der Waals surface area contributed by atoms with Crippen molar-refractivity contribution in [3.8, 4) is 11.1 Å². The molecular weight excluding hydrogens is 1650 g/mol. The van der Waals surface area contributed by atoms with E-state index in [4.69, 9.17) is 17.2 Å². The number of pyridine rings is 1. The van der Waals surface area contributed by atoms with Crippen LogP contribution in [0.25, 0.3) is 11.1 Å². The molecule has 2 heterocycles. The fraction of sp³-hybridized carbons (Fsp3) is 0.540. The van der Waals surface area contributed by atoms with Crippen molar-refractivity contribution in [2.75, 3.05) is 31.6 Å². The third kappa shape index (κ3) is 33.5. The molecule has 690 valence electrons. The summed E-state index contributed by atoms with van der Waals surface area (Å²) in [6, 6.07) is 2.84. The SMILES string of the molecule is Cc1cccc(C[C@@H]2NC(=O)[C@H](CC(=O)O)NC(=O)[C@H](Cc3ccncc3)NC(=O)[C@H](CN)NC(=O)CSC[C@@H](C(=O)N[C@@H](C)C(N)=O)NC(=O)[C@H]([C@@H](C)O)NC(=O)[C@H](C(C)C)NC(=O)[C@H](CC(C)C)NC(=O)[C@H](CCN)NC(=O)[C@@H](CC(C)C)NC(=O)[C@H](C)N(C)C(=O)[C@H](C(C)C)NC(=O)[C@H](Cc3ccc(-c4ccccc4)cc3)NC(=O)[C@H](C(C)C)NC2=O)c1. The molecule has 16 atom stereocenters. The zero-order valence-electron chi connectivity index (χ0n) is 74.1. The van der Waals surface area contributed by atoms with Gasteiger partial charge in [0.1, 0.15) is 90.6 Å². The number of thioether (sulfide) groups is 1. The molecule has 3 aromatic carbocycles. The van der Waals surface area contributed by atoms with E-state index in [1.54, 1.807) is 113 Å². The van der Waals surface area contributed by atoms with Crippen LogP contribution < -0.4 is 91.6 Å². The van der Waals surface area contributed by atoms with Gasteiger partial charge in [0.2, 0.25) is 94.5 Å². The van der Waals surface area contributed by atoms with Crippen molar-refractivity contribution in [3.05, 3.63) is 126 Å². The lowest BCUT2D eigenvalue weighted by atomic mass is 9.97. The number of aliphatic carboxylic acids is 1. The van der Waals surface area contributed by atoms with Crippen molar-refractivity contribution in [1.82, 2.24) is 84.3 Å². The Morgan fingerprint density at radius 3 is 1.40 bits per heavy atom. The quantitative estimate of drug-likeness (QED) is 0.0389. The maximum absolute atomic E-state index is 15.2. The summed E-state index contributed by atoms with van der Waals surface area (Å²) in [4.78, 5) is 249. The minimum atomic E-state index is -2.01. The van der Waals surface area contributed by atoms with Gasteiger partial charge < -0.3 is 107 Å². The summed E-state index contributed by atoms with van der Waals surface area (Å²) >= 11 is 0.698. The van der Waals surface area contributed by atoms with Gasteiger partial charge in [-0.15, -0.1) is 11.8 Å². The number of carbonyl (C=O) groups excluding carboxylic acids is 16. The maximum atomic E-state index is 15.2. The third-order valence-electron chi connectivity index (χ3n) is 20.8. The van der Waals surface area contributed by atoms with E-state index in [0.717, 1.165) is 28.5 Å². The number of carboxylic acids is 1. The number of primary amides is 1. The van der Waals surface area contributed by atoms with Crippen LogP contribution in [0.1, 0.15) is 138 Å². The van der Waals surface area contributed by atoms with Crippen molar-refractivity contribution in [3.63, 3.8) is 0 Å². The van der Waals surface area contributed by atoms with E-state index in [9.17, 15) is 77.3 Å². The van der Waals surface area contributed by atoms with Gasteiger partial charge >= 0.3 is 5.97 Å². The Morgan fingerprint density at radius 1 is 0.476 bits per heavy atom. The van der Waals surface area contributed by atoms with Crippen LogP contribution in [0.4, 0.5) is 0 Å². The number of nitrogens with two attached hydrogens (primary N) is 3. The second-order valence-electron chi connectivity index (χ2n) is 33.5. The molecule has 0 aliphatic carbocycles. The molecule has 1 aliphatic rings. The Labute approximate surface area is 738 Å². The number of aliphatic hydroxyl groups is 1. The monoisotopic (exact) mass is 1770 g/mol. The van der Waals surface area contributed by atoms with Gasteiger partial charge in [0.25, 0.3) is 0 Å². The first-order valence-corrected chi connectivity index (χ1v) is 43.3. The van der Waals surface area contributed by atoms with Gasteiger partial charge in [-0.05, 0) is 123 Å². The summed E-state index contributed by atoms with van der Waals surface area (Å²) in [7, 11) is 1.31. The molecule has 0 radical (unpaired) electrons. The van der Waals surface area contributed by atoms with E-state index >= 15 is 14.4 Å². The highest BCUT2D eigenvalue weighted by molar-refractivity contribution is 8.00. The van der Waals surface area contributed by atoms with E-state index < -0.39 is 239 Å². The number of rotatable bonds is 23. The van der Waals surface area contributed by atoms with E-state index in [0.29, 0.717) is 28.5 Å². The number of amides is 16. The van der Waals surface area contributed by atoms with Crippen molar-refractivity contribution in [2.45, 2.75) is 239 Å². The second-order valence-corrected chi connectivity index (χ2v) is 34.5. The summed E-state index contributed by atoms with van der Waals surface area (Å²) in [5.41, 5.74) is 21.4. The molecule has 0 unspecified atom stereocenters. The number of nitrogens with zero attached hydrogens (tertiary/aromatic N) is 2. The molecule has 4 aromatic rings. The first-order chi connectivity index (χ1) is 59.3. The predicted molar refractivity (Wildman–Crippen MR) is 470 cm³/mol. The Bertz CT molecular complexity index is 4430. The van der Waals surface area contributed by atoms with Crippen molar-refractivity contribution >= 4 is 112 Å². The molecule has 1 saturated heterocycles. The molecule has 0 saturated carbocycles. The average Bonchev–Trinajstić information content (AvgIpc) is 0.822. The van der Waals surface area contributed by atoms with Crippen molar-refractivity contribution < 1.29 is 91.7 Å². The molecule has 16 amide bonds. The van der Waals surface area contributed by atoms with Gasteiger partial charge in [-0.25, -0.2) is 0 Å². The van der Waals surface area contributed by atoms with Crippen LogP contribution >= 0.6 is 11.8 Å². The van der Waals surface area contributed by atoms with E-state index in [1.165, 1.54) is 45.4 Å². The van der Waals surface area contributed by atoms with E-state index in [-0.39, 0.29) is 56.9 Å². The number of nitrogens with one attached hydrogen (secondary N) is 14. The Balaban J connectivity index is 1.64. The van der Waals surface area contributed by atoms with Crippen LogP contribution in [-0.4, -0.2) is 249 Å². The molecule has 1 aromatic heterocycles. The molecule has 0 bridgehead atoms. The molecule has 5 rings (SSSR count). The highest BCUT2D eigenvalue weighted by atomic mass is 32.2. The number of carboxylic acid groups (broad SMARTS) is 1. The molecule has 0 spiro atoms. The minimum absolute atomic E-state index is 0.0119. The standard InChI is InChI=1S/C87H127N19O19S/c1-44(2)34-59-76(114)94-58(28-31-88)75(113)96-60(35-45(3)4)79(117)103-70(47(7)8)85(123)105-72(52(14)107)86(124)101-66(83(121)92-50(12)73(90)111)42-126-43-67(108)93-65(41-89)82(120)98-61(38-54-29-32-91-33-30-54)77(115)99-64(40-68(109)110)78(116)97-63(39-55-21-19-20-49(11)36-55)80(118)102-69(46(5)6)84(122)100-62(37-53-24-26-57(27-25-53)56-22-17-16-18-23-56)81(119)104-71(48(9)10)87(125)106(15)51(13)74(112)95-59/h16-27,29-30,32-33,36,44-48,50-52,58-66,69-72,107H,28,31,34-35,37-43,88-89H2,1-15H3,(H2,90,111)(H,92,121)(H,93,108)(H,94,114)(H,95,112)(H,96,113)(H,97,116)(H,98,120)(H,99,115)(H,100,122)(H,101,124)(H,102,118)(H,103,117)(H,104,119)(H,105,123)(H,109,110)/t50-,51-,52+,58-,59+,60-,61-,62-,63-,64-,65-,66-,69-,70-,71-,72-/m0/s1. The smallest absolute Gasteiger partial charge is 0.305 e. The normalized spacial score (nSPS) is 24.5. The molecule has 1 aliphatic heterocycles. The number of hydrogen-bond acceptors (Lipinski definition) is 22. The maximum Gasteiger partial charge on any atom is 0.305 e. The van der Waals surface area contributed by atoms with Gasteiger partial charge in [-0.1, -0.05) is 154 Å². The van der Waals surface area contributed by atoms with E-state index in [2.05, 4.69) is 79.4 Å². The van der Waals surface area contributed by atoms with E-state index in [1.807, 2.05) is 42.5 Å². The molecule has 126 heavy (non-hydrogen) atoms. The number of aliphatic hydroxyl groups excluding tert-OH is 1. The topological polar surface area (TPSA) is 593 Å². The number of aromatic nitrogens is 1. The molecule has 22 N–H and O–H groups in total. The number of aryl methyl sites for hydroxylation is 1. The van der Waals surface area contributed by atoms with Crippen LogP contribution in [0.2, 0.25) is 0 Å². The first kappa shape index (κ1) is 105. The molecule has 1 fully saturated rings. The van der Waals surface area contributed by atoms with Crippen LogP contribution in [0.5, 0.6) is 0 Å². The third-order valence-corrected chi connectivity index (χ3v) is 21.8. The number of carbonyl (C=O) groups is 17. The fourth-order valence-corrected chi connectivity index (χ4v) is 14.3. The fourth-order valence-electron chi connectivity index (χ4n) is 13.4. The summed E-state index contributed by atoms with van der Waals surface area (Å²) in [5.74, 6) is -21.2. The lowest BCUT2D eigenvalue weighted by molar-refractivity contribution is -0.143. The van der Waals surface area contributed by atoms with Crippen LogP contribution in [0.3, 0.4) is 0 Å². The van der Waals surface area contributed by atoms with Gasteiger partial charge in [0, 0.05) is 51.0 Å². The predicted octanol–water partition coefficient (Wildman–Crippen LogP) is -1.81. The lowest BCUT2D eigenvalue weighted by Gasteiger charge is -2.33. The second kappa shape index (κ2) is 50.8. The molecule has 39 heteroatoms. The first-order valence-electron chi connectivity index (χ1n) is 42.1. The van der Waals surface area contributed by atoms with Crippen LogP contribution in [-0.2, 0) is 101 Å². The Kier molecular flexibility index (Phi) is 42.2. The number of benzene rings is 3. The van der Waals surface area contributed by atoms with Gasteiger partial charge in [-0.2, -0.15) is 0 Å². The summed E-state index contributed by atoms with van der Waals surface area (Å²) in [5, 5.41) is 57.6. The molecular formula is C87H127N19O19S. The highest BCUT2D eigenvalue weighted by Gasteiger charge is 2.42. The minimum Gasteiger partial charge on any atom is -0.481 e. The number of hydrogen-bond donors (Lipinski definition) is 19. The van der Waals surface area contributed by atoms with Gasteiger partial charge in [0.05, 0.1) is 18.3 Å². The Morgan fingerprint density at radius 2 is 0.897 bits per heavy atom. The van der Waals surface area contributed by atoms with Crippen LogP contribution in [0.15, 0.2) is 103 Å². The zero-order chi connectivity index (χ0) is 94.1. The highest BCUT2D eigenvalue weighted by Crippen LogP contribution is 2.22. The summed E-state index contributed by atoms with van der Waals surface area (Å²) < 4.78 is 0. The lowest BCUT2D eigenvalue weighted by Crippen LogP contribution is -2.63. The van der Waals surface area contributed by atoms with Gasteiger partial charge in [0.15, 0.2) is 0 Å². The van der Waals surface area contributed by atoms with Crippen molar-refractivity contribution in [2.24, 2.45) is 46.8 Å². The summed E-state index contributed by atoms with van der Waals surface area (Å²) in [6.45, 7) is 21.3. The summed E-state index contributed by atoms with van der Waals surface area (Å²) in [6.07, 6.45) is -1.21. The zero-order valence-corrected chi connectivity index (χ0v) is 74.9. The van der Waals surface area contributed by atoms with Gasteiger partial charge in [-0.3, -0.25) is 86.5 Å². The number of likely N-dealkylation sites (N-methyl/N-ethyl adjacent to an activating group) is 1. The van der Waals surface area contributed by atoms with Crippen LogP contribution in [0, 0.1) is 36.5 Å². The largest absolute Gasteiger partial charge is 0.481 e. The molecule has 38 nitrogen and oxygen atoms in total. The Hall–Kier alpha value is -12.0. The average molecular weight is 1780 g/mol. The van der Waals surface area contributed by atoms with Crippen molar-refractivity contribution in [1.29, 1.82) is 0 Å².